The van der Waals surface area contributed by atoms with Gasteiger partial charge in [0.2, 0.25) is 5.91 Å². The van der Waals surface area contributed by atoms with Gasteiger partial charge in [0.1, 0.15) is 6.54 Å². The zero-order chi connectivity index (χ0) is 13.5. The van der Waals surface area contributed by atoms with Gasteiger partial charge in [-0.15, -0.1) is 0 Å². The van der Waals surface area contributed by atoms with Crippen LogP contribution in [0.2, 0.25) is 0 Å². The molecule has 8 heteroatoms. The van der Waals surface area contributed by atoms with E-state index in [1.54, 1.807) is 0 Å². The zero-order valence-corrected chi connectivity index (χ0v) is 11.5. The van der Waals surface area contributed by atoms with Gasteiger partial charge in [-0.2, -0.15) is 0 Å². The second-order valence-electron chi connectivity index (χ2n) is 3.57. The number of hydrogen-bond donors (Lipinski definition) is 3. The van der Waals surface area contributed by atoms with Crippen molar-refractivity contribution in [1.29, 1.82) is 0 Å². The highest BCUT2D eigenvalue weighted by atomic mass is 79.9. The summed E-state index contributed by atoms with van der Waals surface area (Å²) in [7, 11) is 0. The minimum atomic E-state index is -0.606. The molecule has 0 spiro atoms. The van der Waals surface area contributed by atoms with Crippen LogP contribution in [0.3, 0.4) is 0 Å². The number of aromatic amines is 1. The number of rotatable bonds is 6. The van der Waals surface area contributed by atoms with Crippen LogP contribution in [0.4, 0.5) is 0 Å². The Morgan fingerprint density at radius 1 is 1.44 bits per heavy atom. The SMILES string of the molecule is CCNCCNC(=O)Cn1cc(Br)c(=O)[nH]c1=O. The maximum atomic E-state index is 11.5. The van der Waals surface area contributed by atoms with Gasteiger partial charge in [0, 0.05) is 19.3 Å². The fourth-order valence-electron chi connectivity index (χ4n) is 1.28. The lowest BCUT2D eigenvalue weighted by atomic mass is 10.5. The van der Waals surface area contributed by atoms with Crippen molar-refractivity contribution in [3.63, 3.8) is 0 Å². The molecule has 7 nitrogen and oxygen atoms in total. The number of nitrogens with zero attached hydrogens (tertiary/aromatic N) is 1. The van der Waals surface area contributed by atoms with Crippen LogP contribution in [0.25, 0.3) is 0 Å². The van der Waals surface area contributed by atoms with Crippen LogP contribution in [-0.4, -0.2) is 35.1 Å². The number of nitrogens with one attached hydrogen (secondary N) is 3. The number of H-pyrrole nitrogens is 1. The van der Waals surface area contributed by atoms with Gasteiger partial charge in [-0.1, -0.05) is 6.92 Å². The summed E-state index contributed by atoms with van der Waals surface area (Å²) in [4.78, 5) is 36.1. The number of hydrogen-bond acceptors (Lipinski definition) is 4. The molecule has 0 saturated heterocycles. The summed E-state index contributed by atoms with van der Waals surface area (Å²) in [5.74, 6) is -0.283. The molecule has 1 aromatic heterocycles. The molecule has 1 rings (SSSR count). The van der Waals surface area contributed by atoms with Crippen molar-refractivity contribution in [1.82, 2.24) is 20.2 Å². The molecule has 3 N–H and O–H groups in total. The minimum Gasteiger partial charge on any atom is -0.353 e. The Hall–Kier alpha value is -1.41. The van der Waals surface area contributed by atoms with Crippen molar-refractivity contribution >= 4 is 21.8 Å². The minimum absolute atomic E-state index is 0.125. The number of aromatic nitrogens is 2. The maximum Gasteiger partial charge on any atom is 0.328 e. The number of likely N-dealkylation sites (N-methyl/N-ethyl adjacent to an activating group) is 1. The monoisotopic (exact) mass is 318 g/mol. The Labute approximate surface area is 112 Å². The van der Waals surface area contributed by atoms with E-state index in [-0.39, 0.29) is 16.9 Å². The van der Waals surface area contributed by atoms with Crippen molar-refractivity contribution in [2.45, 2.75) is 13.5 Å². The summed E-state index contributed by atoms with van der Waals surface area (Å²) in [6, 6.07) is 0. The van der Waals surface area contributed by atoms with Gasteiger partial charge in [-0.3, -0.25) is 19.1 Å². The van der Waals surface area contributed by atoms with Gasteiger partial charge >= 0.3 is 5.69 Å². The number of halogens is 1. The van der Waals surface area contributed by atoms with Crippen LogP contribution >= 0.6 is 15.9 Å². The molecule has 0 aliphatic carbocycles. The lowest BCUT2D eigenvalue weighted by molar-refractivity contribution is -0.121. The summed E-state index contributed by atoms with van der Waals surface area (Å²) in [6.07, 6.45) is 1.30. The van der Waals surface area contributed by atoms with Gasteiger partial charge in [0.15, 0.2) is 0 Å². The lowest BCUT2D eigenvalue weighted by Gasteiger charge is -2.07. The van der Waals surface area contributed by atoms with Crippen LogP contribution in [-0.2, 0) is 11.3 Å². The number of amides is 1. The third-order valence-corrected chi connectivity index (χ3v) is 2.72. The van der Waals surface area contributed by atoms with Crippen molar-refractivity contribution in [3.8, 4) is 0 Å². The van der Waals surface area contributed by atoms with E-state index >= 15 is 0 Å². The molecule has 0 atom stereocenters. The Bertz CT molecular complexity index is 523. The van der Waals surface area contributed by atoms with Crippen molar-refractivity contribution in [2.75, 3.05) is 19.6 Å². The fourth-order valence-corrected chi connectivity index (χ4v) is 1.62. The molecule has 1 heterocycles. The highest BCUT2D eigenvalue weighted by molar-refractivity contribution is 9.10. The van der Waals surface area contributed by atoms with Crippen molar-refractivity contribution in [2.24, 2.45) is 0 Å². The topological polar surface area (TPSA) is 96.0 Å². The highest BCUT2D eigenvalue weighted by Gasteiger charge is 2.06. The second-order valence-corrected chi connectivity index (χ2v) is 4.42. The third kappa shape index (κ3) is 4.46. The highest BCUT2D eigenvalue weighted by Crippen LogP contribution is 1.97. The fraction of sp³-hybridized carbons (Fsp3) is 0.500. The predicted molar refractivity (Wildman–Crippen MR) is 70.6 cm³/mol. The molecular formula is C10H15BrN4O3. The summed E-state index contributed by atoms with van der Waals surface area (Å²) in [6.45, 7) is 3.85. The normalized spacial score (nSPS) is 10.3. The van der Waals surface area contributed by atoms with Crippen LogP contribution in [0, 0.1) is 0 Å². The smallest absolute Gasteiger partial charge is 0.328 e. The standard InChI is InChI=1S/C10H15BrN4O3/c1-2-12-3-4-13-8(16)6-15-5-7(11)9(17)14-10(15)18/h5,12H,2-4,6H2,1H3,(H,13,16)(H,14,17,18). The first-order valence-electron chi connectivity index (χ1n) is 5.51. The van der Waals surface area contributed by atoms with Gasteiger partial charge in [-0.05, 0) is 22.5 Å². The zero-order valence-electron chi connectivity index (χ0n) is 9.96. The molecule has 0 unspecified atom stereocenters. The second kappa shape index (κ2) is 7.12. The molecule has 1 amide bonds. The van der Waals surface area contributed by atoms with E-state index in [1.165, 1.54) is 6.20 Å². The van der Waals surface area contributed by atoms with Gasteiger partial charge in [0.25, 0.3) is 5.56 Å². The summed E-state index contributed by atoms with van der Waals surface area (Å²) in [5.41, 5.74) is -1.12. The molecule has 0 fully saturated rings. The molecule has 18 heavy (non-hydrogen) atoms. The first kappa shape index (κ1) is 14.7. The summed E-state index contributed by atoms with van der Waals surface area (Å²) >= 11 is 3.00. The van der Waals surface area contributed by atoms with Crippen LogP contribution in [0.5, 0.6) is 0 Å². The molecule has 0 aliphatic heterocycles. The van der Waals surface area contributed by atoms with E-state index in [1.807, 2.05) is 6.92 Å². The first-order chi connectivity index (χ1) is 8.54. The molecule has 0 bridgehead atoms. The Morgan fingerprint density at radius 3 is 2.83 bits per heavy atom. The molecule has 0 radical (unpaired) electrons. The predicted octanol–water partition coefficient (Wildman–Crippen LogP) is -0.975. The van der Waals surface area contributed by atoms with E-state index in [0.29, 0.717) is 13.1 Å². The Balaban J connectivity index is 2.57. The largest absolute Gasteiger partial charge is 0.353 e. The molecule has 0 saturated carbocycles. The summed E-state index contributed by atoms with van der Waals surface area (Å²) < 4.78 is 1.34. The third-order valence-electron chi connectivity index (χ3n) is 2.16. The van der Waals surface area contributed by atoms with E-state index in [4.69, 9.17) is 0 Å². The van der Waals surface area contributed by atoms with Gasteiger partial charge in [0.05, 0.1) is 4.47 Å². The van der Waals surface area contributed by atoms with E-state index in [0.717, 1.165) is 11.1 Å². The first-order valence-corrected chi connectivity index (χ1v) is 6.30. The van der Waals surface area contributed by atoms with Crippen molar-refractivity contribution < 1.29 is 4.79 Å². The number of carbonyl (C=O) groups is 1. The van der Waals surface area contributed by atoms with E-state index < -0.39 is 11.2 Å². The van der Waals surface area contributed by atoms with Crippen LogP contribution in [0.1, 0.15) is 6.92 Å². The molecule has 1 aromatic rings. The Morgan fingerprint density at radius 2 is 2.17 bits per heavy atom. The molecule has 100 valence electrons. The quantitative estimate of drug-likeness (QED) is 0.588. The molecule has 0 aliphatic rings. The number of carbonyl (C=O) groups excluding carboxylic acids is 1. The average molecular weight is 319 g/mol. The van der Waals surface area contributed by atoms with Crippen molar-refractivity contribution in [3.05, 3.63) is 31.5 Å². The van der Waals surface area contributed by atoms with Gasteiger partial charge < -0.3 is 10.6 Å². The Kier molecular flexibility index (Phi) is 5.79. The molecular weight excluding hydrogens is 304 g/mol. The van der Waals surface area contributed by atoms with Crippen LogP contribution < -0.4 is 21.9 Å². The lowest BCUT2D eigenvalue weighted by Crippen LogP contribution is -2.38. The maximum absolute atomic E-state index is 11.5. The molecule has 0 aromatic carbocycles. The summed E-state index contributed by atoms with van der Waals surface area (Å²) in [5, 5.41) is 5.72. The average Bonchev–Trinajstić information content (AvgIpc) is 2.32. The van der Waals surface area contributed by atoms with E-state index in [9.17, 15) is 14.4 Å². The van der Waals surface area contributed by atoms with Gasteiger partial charge in [-0.25, -0.2) is 4.79 Å². The van der Waals surface area contributed by atoms with E-state index in [2.05, 4.69) is 31.5 Å². The van der Waals surface area contributed by atoms with Crippen LogP contribution in [0.15, 0.2) is 20.3 Å².